The Morgan fingerprint density at radius 2 is 2.20 bits per heavy atom. The van der Waals surface area contributed by atoms with E-state index in [4.69, 9.17) is 10.5 Å². The molecule has 2 N–H and O–H groups in total. The monoisotopic (exact) mass is 340 g/mol. The Morgan fingerprint density at radius 3 is 2.90 bits per heavy atom. The van der Waals surface area contributed by atoms with Crippen molar-refractivity contribution in [3.05, 3.63) is 28.2 Å². The Balaban J connectivity index is 2.16. The van der Waals surface area contributed by atoms with Crippen LogP contribution in [0.4, 0.5) is 5.69 Å². The number of ether oxygens (including phenoxy) is 1. The fourth-order valence-electron chi connectivity index (χ4n) is 2.40. The maximum absolute atomic E-state index is 12.5. The summed E-state index contributed by atoms with van der Waals surface area (Å²) < 4.78 is 5.56. The Morgan fingerprint density at radius 1 is 1.45 bits per heavy atom. The van der Waals surface area contributed by atoms with Crippen LogP contribution in [0.25, 0.3) is 0 Å². The van der Waals surface area contributed by atoms with Crippen molar-refractivity contribution in [1.82, 2.24) is 4.90 Å². The number of amides is 1. The SMILES string of the molecule is COC(=O)C1CCCN(C(=O)c2cc(Br)ccc2N)C1. The molecular weight excluding hydrogens is 324 g/mol. The van der Waals surface area contributed by atoms with Crippen molar-refractivity contribution in [1.29, 1.82) is 0 Å². The lowest BCUT2D eigenvalue weighted by Crippen LogP contribution is -2.42. The second kappa shape index (κ2) is 6.26. The van der Waals surface area contributed by atoms with Gasteiger partial charge in [0.1, 0.15) is 0 Å². The average molecular weight is 341 g/mol. The van der Waals surface area contributed by atoms with Gasteiger partial charge in [0.15, 0.2) is 0 Å². The van der Waals surface area contributed by atoms with E-state index in [9.17, 15) is 9.59 Å². The molecule has 6 heteroatoms. The molecule has 0 radical (unpaired) electrons. The summed E-state index contributed by atoms with van der Waals surface area (Å²) in [6, 6.07) is 5.19. The number of rotatable bonds is 2. The van der Waals surface area contributed by atoms with Crippen LogP contribution in [-0.4, -0.2) is 37.0 Å². The Hall–Kier alpha value is -1.56. The van der Waals surface area contributed by atoms with Crippen LogP contribution in [0, 0.1) is 5.92 Å². The summed E-state index contributed by atoms with van der Waals surface area (Å²) in [5.74, 6) is -0.645. The lowest BCUT2D eigenvalue weighted by Gasteiger charge is -2.31. The van der Waals surface area contributed by atoms with E-state index >= 15 is 0 Å². The van der Waals surface area contributed by atoms with E-state index in [2.05, 4.69) is 15.9 Å². The van der Waals surface area contributed by atoms with Gasteiger partial charge in [-0.05, 0) is 31.0 Å². The fraction of sp³-hybridized carbons (Fsp3) is 0.429. The predicted molar refractivity (Wildman–Crippen MR) is 79.2 cm³/mol. The van der Waals surface area contributed by atoms with Gasteiger partial charge >= 0.3 is 5.97 Å². The van der Waals surface area contributed by atoms with Crippen LogP contribution < -0.4 is 5.73 Å². The molecule has 0 aliphatic carbocycles. The molecule has 20 heavy (non-hydrogen) atoms. The van der Waals surface area contributed by atoms with E-state index < -0.39 is 0 Å². The van der Waals surface area contributed by atoms with Crippen LogP contribution in [-0.2, 0) is 9.53 Å². The van der Waals surface area contributed by atoms with Gasteiger partial charge in [0.25, 0.3) is 5.91 Å². The number of nitrogens with zero attached hydrogens (tertiary/aromatic N) is 1. The lowest BCUT2D eigenvalue weighted by atomic mass is 9.97. The normalized spacial score (nSPS) is 18.7. The number of hydrogen-bond acceptors (Lipinski definition) is 4. The quantitative estimate of drug-likeness (QED) is 0.660. The van der Waals surface area contributed by atoms with E-state index in [1.54, 1.807) is 23.1 Å². The third-order valence-electron chi connectivity index (χ3n) is 3.49. The van der Waals surface area contributed by atoms with Crippen LogP contribution in [0.1, 0.15) is 23.2 Å². The second-order valence-electron chi connectivity index (χ2n) is 4.85. The number of halogens is 1. The minimum atomic E-state index is -0.260. The molecule has 0 aromatic heterocycles. The van der Waals surface area contributed by atoms with Gasteiger partial charge in [-0.25, -0.2) is 0 Å². The third kappa shape index (κ3) is 3.12. The van der Waals surface area contributed by atoms with Crippen LogP contribution in [0.2, 0.25) is 0 Å². The van der Waals surface area contributed by atoms with Crippen LogP contribution >= 0.6 is 15.9 Å². The first-order valence-electron chi connectivity index (χ1n) is 6.45. The largest absolute Gasteiger partial charge is 0.469 e. The van der Waals surface area contributed by atoms with Crippen molar-refractivity contribution >= 4 is 33.5 Å². The number of carbonyl (C=O) groups excluding carboxylic acids is 2. The zero-order valence-electron chi connectivity index (χ0n) is 11.3. The number of esters is 1. The predicted octanol–water partition coefficient (Wildman–Crippen LogP) is 2.06. The van der Waals surface area contributed by atoms with Crippen molar-refractivity contribution in [3.63, 3.8) is 0 Å². The summed E-state index contributed by atoms with van der Waals surface area (Å²) >= 11 is 3.33. The molecule has 1 unspecified atom stereocenters. The molecule has 2 rings (SSSR count). The molecule has 1 aromatic rings. The van der Waals surface area contributed by atoms with Gasteiger partial charge in [-0.15, -0.1) is 0 Å². The first-order chi connectivity index (χ1) is 9.52. The fourth-order valence-corrected chi connectivity index (χ4v) is 2.77. The van der Waals surface area contributed by atoms with Crippen molar-refractivity contribution < 1.29 is 14.3 Å². The molecule has 1 atom stereocenters. The molecule has 1 amide bonds. The van der Waals surface area contributed by atoms with E-state index in [1.165, 1.54) is 7.11 Å². The number of nitrogen functional groups attached to an aromatic ring is 1. The molecule has 108 valence electrons. The number of carbonyl (C=O) groups is 2. The van der Waals surface area contributed by atoms with Crippen molar-refractivity contribution in [3.8, 4) is 0 Å². The molecular formula is C14H17BrN2O3. The Labute approximate surface area is 126 Å². The smallest absolute Gasteiger partial charge is 0.310 e. The number of hydrogen-bond donors (Lipinski definition) is 1. The highest BCUT2D eigenvalue weighted by Crippen LogP contribution is 2.24. The van der Waals surface area contributed by atoms with Gasteiger partial charge in [-0.3, -0.25) is 9.59 Å². The van der Waals surface area contributed by atoms with Gasteiger partial charge in [0.05, 0.1) is 18.6 Å². The summed E-state index contributed by atoms with van der Waals surface area (Å²) in [6.07, 6.45) is 1.55. The molecule has 1 aliphatic rings. The number of piperidine rings is 1. The van der Waals surface area contributed by atoms with Gasteiger partial charge in [-0.1, -0.05) is 15.9 Å². The zero-order chi connectivity index (χ0) is 14.7. The van der Waals surface area contributed by atoms with Crippen LogP contribution in [0.5, 0.6) is 0 Å². The van der Waals surface area contributed by atoms with Crippen LogP contribution in [0.3, 0.4) is 0 Å². The van der Waals surface area contributed by atoms with Gasteiger partial charge < -0.3 is 15.4 Å². The molecule has 1 aromatic carbocycles. The molecule has 1 heterocycles. The highest BCUT2D eigenvalue weighted by atomic mass is 79.9. The first kappa shape index (κ1) is 14.8. The summed E-state index contributed by atoms with van der Waals surface area (Å²) in [4.78, 5) is 25.8. The summed E-state index contributed by atoms with van der Waals surface area (Å²) in [5.41, 5.74) is 6.76. The van der Waals surface area contributed by atoms with Gasteiger partial charge in [0, 0.05) is 23.2 Å². The topological polar surface area (TPSA) is 72.6 Å². The number of anilines is 1. The zero-order valence-corrected chi connectivity index (χ0v) is 12.9. The van der Waals surface area contributed by atoms with Gasteiger partial charge in [-0.2, -0.15) is 0 Å². The van der Waals surface area contributed by atoms with E-state index in [-0.39, 0.29) is 17.8 Å². The number of nitrogens with two attached hydrogens (primary N) is 1. The third-order valence-corrected chi connectivity index (χ3v) is 3.98. The van der Waals surface area contributed by atoms with E-state index in [0.29, 0.717) is 24.3 Å². The van der Waals surface area contributed by atoms with Gasteiger partial charge in [0.2, 0.25) is 0 Å². The molecule has 0 saturated carbocycles. The molecule has 1 saturated heterocycles. The van der Waals surface area contributed by atoms with E-state index in [0.717, 1.165) is 17.3 Å². The summed E-state index contributed by atoms with van der Waals surface area (Å²) in [6.45, 7) is 1.02. The minimum Gasteiger partial charge on any atom is -0.469 e. The second-order valence-corrected chi connectivity index (χ2v) is 5.76. The van der Waals surface area contributed by atoms with E-state index in [1.807, 2.05) is 0 Å². The first-order valence-corrected chi connectivity index (χ1v) is 7.24. The average Bonchev–Trinajstić information content (AvgIpc) is 2.48. The number of likely N-dealkylation sites (tertiary alicyclic amines) is 1. The standard InChI is InChI=1S/C14H17BrN2O3/c1-20-14(19)9-3-2-6-17(8-9)13(18)11-7-10(15)4-5-12(11)16/h4-5,7,9H,2-3,6,8,16H2,1H3. The molecule has 0 bridgehead atoms. The highest BCUT2D eigenvalue weighted by molar-refractivity contribution is 9.10. The highest BCUT2D eigenvalue weighted by Gasteiger charge is 2.30. The summed E-state index contributed by atoms with van der Waals surface area (Å²) in [7, 11) is 1.37. The van der Waals surface area contributed by atoms with Crippen molar-refractivity contribution in [2.45, 2.75) is 12.8 Å². The summed E-state index contributed by atoms with van der Waals surface area (Å²) in [5, 5.41) is 0. The van der Waals surface area contributed by atoms with Crippen molar-refractivity contribution in [2.24, 2.45) is 5.92 Å². The number of methoxy groups -OCH3 is 1. The van der Waals surface area contributed by atoms with Crippen molar-refractivity contribution in [2.75, 3.05) is 25.9 Å². The number of benzene rings is 1. The maximum atomic E-state index is 12.5. The molecule has 1 aliphatic heterocycles. The minimum absolute atomic E-state index is 0.141. The lowest BCUT2D eigenvalue weighted by molar-refractivity contribution is -0.146. The molecule has 0 spiro atoms. The molecule has 1 fully saturated rings. The molecule has 5 nitrogen and oxygen atoms in total. The Kier molecular flexibility index (Phi) is 4.65. The Bertz CT molecular complexity index is 533. The maximum Gasteiger partial charge on any atom is 0.310 e. The van der Waals surface area contributed by atoms with Crippen LogP contribution in [0.15, 0.2) is 22.7 Å².